The van der Waals surface area contributed by atoms with Crippen LogP contribution in [-0.4, -0.2) is 28.4 Å². The monoisotopic (exact) mass is 301 g/mol. The van der Waals surface area contributed by atoms with Crippen LogP contribution in [0.2, 0.25) is 0 Å². The zero-order chi connectivity index (χ0) is 15.5. The van der Waals surface area contributed by atoms with E-state index in [4.69, 9.17) is 0 Å². The molecule has 0 bridgehead atoms. The van der Waals surface area contributed by atoms with E-state index in [1.54, 1.807) is 4.90 Å². The molecule has 1 saturated carbocycles. The number of carbonyl (C=O) groups is 2. The molecule has 1 aliphatic carbocycles. The van der Waals surface area contributed by atoms with Gasteiger partial charge in [0.25, 0.3) is 0 Å². The van der Waals surface area contributed by atoms with Crippen molar-refractivity contribution < 1.29 is 14.7 Å². The van der Waals surface area contributed by atoms with Gasteiger partial charge in [-0.1, -0.05) is 49.9 Å². The molecule has 0 spiro atoms. The number of aliphatic carboxylic acids is 1. The topological polar surface area (TPSA) is 57.6 Å². The summed E-state index contributed by atoms with van der Waals surface area (Å²) in [6, 6.07) is 6.76. The molecule has 2 aliphatic rings. The number of fused-ring (bicyclic) bond motifs is 1. The van der Waals surface area contributed by atoms with E-state index in [2.05, 4.69) is 0 Å². The third kappa shape index (κ3) is 3.01. The Hall–Kier alpha value is -1.84. The summed E-state index contributed by atoms with van der Waals surface area (Å²) in [6.45, 7) is 0.511. The second kappa shape index (κ2) is 6.51. The maximum atomic E-state index is 12.5. The van der Waals surface area contributed by atoms with Crippen molar-refractivity contribution in [3.05, 3.63) is 35.4 Å². The van der Waals surface area contributed by atoms with E-state index in [1.165, 1.54) is 25.7 Å². The summed E-state index contributed by atoms with van der Waals surface area (Å²) in [5.74, 6) is -0.278. The van der Waals surface area contributed by atoms with Gasteiger partial charge < -0.3 is 10.0 Å². The molecule has 0 saturated heterocycles. The largest absolute Gasteiger partial charge is 0.479 e. The van der Waals surface area contributed by atoms with Gasteiger partial charge >= 0.3 is 5.97 Å². The van der Waals surface area contributed by atoms with Gasteiger partial charge in [-0.25, -0.2) is 4.79 Å². The van der Waals surface area contributed by atoms with Gasteiger partial charge in [0.1, 0.15) is 0 Å². The van der Waals surface area contributed by atoms with Crippen LogP contribution in [0.1, 0.15) is 55.7 Å². The number of benzene rings is 1. The van der Waals surface area contributed by atoms with E-state index >= 15 is 0 Å². The maximum Gasteiger partial charge on any atom is 0.331 e. The second-order valence-corrected chi connectivity index (χ2v) is 6.47. The molecule has 4 heteroatoms. The van der Waals surface area contributed by atoms with Crippen molar-refractivity contribution in [2.75, 3.05) is 6.54 Å². The fourth-order valence-electron chi connectivity index (χ4n) is 3.87. The van der Waals surface area contributed by atoms with E-state index in [9.17, 15) is 14.7 Å². The number of carboxylic acids is 1. The Kier molecular flexibility index (Phi) is 4.46. The number of hydrogen-bond acceptors (Lipinski definition) is 2. The zero-order valence-corrected chi connectivity index (χ0v) is 12.8. The van der Waals surface area contributed by atoms with Gasteiger partial charge in [0.15, 0.2) is 6.04 Å². The van der Waals surface area contributed by atoms with E-state index in [0.29, 0.717) is 18.9 Å². The van der Waals surface area contributed by atoms with Crippen LogP contribution in [-0.2, 0) is 16.0 Å². The zero-order valence-electron chi connectivity index (χ0n) is 12.8. The van der Waals surface area contributed by atoms with Gasteiger partial charge in [0.05, 0.1) is 0 Å². The highest BCUT2D eigenvalue weighted by Gasteiger charge is 2.35. The Labute approximate surface area is 131 Å². The third-order valence-electron chi connectivity index (χ3n) is 5.08. The van der Waals surface area contributed by atoms with Crippen molar-refractivity contribution in [2.45, 2.75) is 51.0 Å². The molecule has 4 nitrogen and oxygen atoms in total. The highest BCUT2D eigenvalue weighted by Crippen LogP contribution is 2.32. The molecule has 1 fully saturated rings. The number of nitrogens with zero attached hydrogens (tertiary/aromatic N) is 1. The Morgan fingerprint density at radius 1 is 1.18 bits per heavy atom. The summed E-state index contributed by atoms with van der Waals surface area (Å²) in [5, 5.41) is 9.59. The average molecular weight is 301 g/mol. The summed E-state index contributed by atoms with van der Waals surface area (Å²) in [6.07, 6.45) is 7.12. The van der Waals surface area contributed by atoms with Crippen LogP contribution in [0.4, 0.5) is 0 Å². The first-order chi connectivity index (χ1) is 10.7. The molecule has 0 aromatic heterocycles. The molecule has 1 atom stereocenters. The quantitative estimate of drug-likeness (QED) is 0.929. The predicted octanol–water partition coefficient (Wildman–Crippen LogP) is 3.17. The minimum Gasteiger partial charge on any atom is -0.479 e. The van der Waals surface area contributed by atoms with Crippen molar-refractivity contribution in [1.82, 2.24) is 4.90 Å². The first-order valence-electron chi connectivity index (χ1n) is 8.27. The Balaban J connectivity index is 1.72. The number of carboxylic acid groups (broad SMARTS) is 1. The number of carbonyl (C=O) groups excluding carboxylic acids is 1. The first kappa shape index (κ1) is 15.1. The van der Waals surface area contributed by atoms with Crippen LogP contribution in [0, 0.1) is 5.92 Å². The minimum atomic E-state index is -0.929. The minimum absolute atomic E-state index is 0.00574. The highest BCUT2D eigenvalue weighted by molar-refractivity contribution is 5.85. The Bertz CT molecular complexity index is 563. The van der Waals surface area contributed by atoms with Gasteiger partial charge in [-0.2, -0.15) is 0 Å². The van der Waals surface area contributed by atoms with E-state index in [1.807, 2.05) is 24.3 Å². The van der Waals surface area contributed by atoms with Crippen molar-refractivity contribution >= 4 is 11.9 Å². The summed E-state index contributed by atoms with van der Waals surface area (Å²) >= 11 is 0. The van der Waals surface area contributed by atoms with Crippen LogP contribution in [0.5, 0.6) is 0 Å². The molecule has 22 heavy (non-hydrogen) atoms. The van der Waals surface area contributed by atoms with Gasteiger partial charge in [0, 0.05) is 13.0 Å². The summed E-state index contributed by atoms with van der Waals surface area (Å²) < 4.78 is 0. The maximum absolute atomic E-state index is 12.5. The third-order valence-corrected chi connectivity index (χ3v) is 5.08. The molecular weight excluding hydrogens is 278 g/mol. The molecule has 118 valence electrons. The molecule has 1 unspecified atom stereocenters. The Morgan fingerprint density at radius 2 is 1.91 bits per heavy atom. The van der Waals surface area contributed by atoms with Crippen LogP contribution < -0.4 is 0 Å². The van der Waals surface area contributed by atoms with Crippen molar-refractivity contribution in [3.8, 4) is 0 Å². The summed E-state index contributed by atoms with van der Waals surface area (Å²) in [5.41, 5.74) is 1.82. The molecule has 3 rings (SSSR count). The SMILES string of the molecule is O=C(O)C1c2ccccc2CCN1C(=O)CCC1CCCC1. The standard InChI is InChI=1S/C18H23NO3/c20-16(10-9-13-5-1-2-6-13)19-12-11-14-7-3-4-8-15(14)17(19)18(21)22/h3-4,7-8,13,17H,1-2,5-6,9-12H2,(H,21,22). The first-order valence-corrected chi connectivity index (χ1v) is 8.27. The van der Waals surface area contributed by atoms with Crippen molar-refractivity contribution in [2.24, 2.45) is 5.92 Å². The summed E-state index contributed by atoms with van der Waals surface area (Å²) in [7, 11) is 0. The normalized spacial score (nSPS) is 21.6. The molecule has 1 aromatic rings. The predicted molar refractivity (Wildman–Crippen MR) is 83.4 cm³/mol. The van der Waals surface area contributed by atoms with Gasteiger partial charge in [-0.15, -0.1) is 0 Å². The lowest BCUT2D eigenvalue weighted by molar-refractivity contribution is -0.151. The molecule has 1 aromatic carbocycles. The lowest BCUT2D eigenvalue weighted by Crippen LogP contribution is -2.43. The number of rotatable bonds is 4. The smallest absolute Gasteiger partial charge is 0.331 e. The molecular formula is C18H23NO3. The van der Waals surface area contributed by atoms with Gasteiger partial charge in [-0.05, 0) is 29.9 Å². The Morgan fingerprint density at radius 3 is 2.64 bits per heavy atom. The molecule has 0 radical (unpaired) electrons. The lowest BCUT2D eigenvalue weighted by atomic mass is 9.92. The van der Waals surface area contributed by atoms with E-state index < -0.39 is 12.0 Å². The van der Waals surface area contributed by atoms with Crippen LogP contribution >= 0.6 is 0 Å². The van der Waals surface area contributed by atoms with Crippen molar-refractivity contribution in [3.63, 3.8) is 0 Å². The summed E-state index contributed by atoms with van der Waals surface area (Å²) in [4.78, 5) is 25.8. The number of amides is 1. The number of hydrogen-bond donors (Lipinski definition) is 1. The second-order valence-electron chi connectivity index (χ2n) is 6.47. The van der Waals surface area contributed by atoms with Crippen molar-refractivity contribution in [1.29, 1.82) is 0 Å². The van der Waals surface area contributed by atoms with Crippen LogP contribution in [0.3, 0.4) is 0 Å². The fraction of sp³-hybridized carbons (Fsp3) is 0.556. The highest BCUT2D eigenvalue weighted by atomic mass is 16.4. The lowest BCUT2D eigenvalue weighted by Gasteiger charge is -2.35. The van der Waals surface area contributed by atoms with E-state index in [-0.39, 0.29) is 5.91 Å². The molecule has 1 amide bonds. The molecule has 1 heterocycles. The van der Waals surface area contributed by atoms with Crippen LogP contribution in [0.15, 0.2) is 24.3 Å². The van der Waals surface area contributed by atoms with Gasteiger partial charge in [-0.3, -0.25) is 4.79 Å². The van der Waals surface area contributed by atoms with E-state index in [0.717, 1.165) is 24.0 Å². The molecule has 1 N–H and O–H groups in total. The fourth-order valence-corrected chi connectivity index (χ4v) is 3.87. The average Bonchev–Trinajstić information content (AvgIpc) is 3.04. The molecule has 1 aliphatic heterocycles. The van der Waals surface area contributed by atoms with Gasteiger partial charge in [0.2, 0.25) is 5.91 Å². The van der Waals surface area contributed by atoms with Crippen LogP contribution in [0.25, 0.3) is 0 Å².